The highest BCUT2D eigenvalue weighted by Gasteiger charge is 2.40. The fourth-order valence-electron chi connectivity index (χ4n) is 5.98. The monoisotopic (exact) mass is 661 g/mol. The smallest absolute Gasteiger partial charge is 0.417 e. The summed E-state index contributed by atoms with van der Waals surface area (Å²) in [5, 5.41) is 2.11. The van der Waals surface area contributed by atoms with Gasteiger partial charge in [-0.15, -0.1) is 23.1 Å². The van der Waals surface area contributed by atoms with Crippen LogP contribution in [0.1, 0.15) is 19.4 Å². The van der Waals surface area contributed by atoms with E-state index in [9.17, 15) is 22.8 Å². The van der Waals surface area contributed by atoms with Crippen molar-refractivity contribution in [2.75, 3.05) is 23.7 Å². The zero-order valence-electron chi connectivity index (χ0n) is 23.7. The Labute approximate surface area is 264 Å². The molecule has 1 amide bonds. The van der Waals surface area contributed by atoms with Crippen LogP contribution >= 0.6 is 34.7 Å². The van der Waals surface area contributed by atoms with Crippen molar-refractivity contribution in [3.05, 3.63) is 75.6 Å². The second-order valence-corrected chi connectivity index (χ2v) is 13.1. The average molecular weight is 662 g/mol. The molecule has 1 saturated heterocycles. The first kappa shape index (κ1) is 30.5. The van der Waals surface area contributed by atoms with E-state index >= 15 is 0 Å². The molecule has 6 rings (SSSR count). The molecule has 2 aliphatic heterocycles. The van der Waals surface area contributed by atoms with Crippen LogP contribution in [-0.2, 0) is 17.5 Å². The van der Waals surface area contributed by atoms with Crippen LogP contribution in [0.2, 0.25) is 5.02 Å². The van der Waals surface area contributed by atoms with Gasteiger partial charge in [0, 0.05) is 69.3 Å². The lowest BCUT2D eigenvalue weighted by Crippen LogP contribution is -2.58. The van der Waals surface area contributed by atoms with E-state index in [2.05, 4.69) is 16.5 Å². The van der Waals surface area contributed by atoms with Gasteiger partial charge in [0.05, 0.1) is 22.6 Å². The van der Waals surface area contributed by atoms with Crippen molar-refractivity contribution in [3.8, 4) is 16.3 Å². The molecule has 0 N–H and O–H groups in total. The number of aromatic nitrogens is 3. The minimum absolute atomic E-state index is 0.0289. The van der Waals surface area contributed by atoms with Gasteiger partial charge in [0.15, 0.2) is 0 Å². The molecule has 2 aliphatic rings. The molecule has 0 spiro atoms. The third-order valence-electron chi connectivity index (χ3n) is 7.69. The molecule has 1 aromatic carbocycles. The number of thiophene rings is 1. The third kappa shape index (κ3) is 5.56. The number of ether oxygens (including phenoxy) is 1. The van der Waals surface area contributed by atoms with Gasteiger partial charge in [0.25, 0.3) is 0 Å². The predicted molar refractivity (Wildman–Crippen MR) is 167 cm³/mol. The van der Waals surface area contributed by atoms with Crippen LogP contribution in [0.3, 0.4) is 0 Å². The summed E-state index contributed by atoms with van der Waals surface area (Å²) in [4.78, 5) is 39.1. The summed E-state index contributed by atoms with van der Waals surface area (Å²) in [7, 11) is 0. The van der Waals surface area contributed by atoms with Gasteiger partial charge in [-0.2, -0.15) is 18.2 Å². The van der Waals surface area contributed by atoms with Gasteiger partial charge in [-0.05, 0) is 38.1 Å². The second-order valence-electron chi connectivity index (χ2n) is 10.8. The van der Waals surface area contributed by atoms with Crippen LogP contribution < -0.4 is 15.3 Å². The fraction of sp³-hybridized carbons (Fsp3) is 0.333. The van der Waals surface area contributed by atoms with Gasteiger partial charge < -0.3 is 14.5 Å². The summed E-state index contributed by atoms with van der Waals surface area (Å²) in [5.41, 5.74) is -1.12. The van der Waals surface area contributed by atoms with E-state index in [-0.39, 0.29) is 60.1 Å². The molecule has 0 aliphatic carbocycles. The first-order chi connectivity index (χ1) is 21.0. The molecule has 14 heteroatoms. The standard InChI is InChI=1S/C30H27ClF3N5O3S2/c1-4-24(40)39-16(2)11-37(12-17(39)3)28-20-10-21(30(32,33)34)25(22-9-18(31)14-43-22)27-26(20)38(29(41)36-28)13-19(15-44-27)42-23-7-5-6-8-35-23/h4-10,14,16-17,19H,1,11-13,15H2,2-3H3/t16-,17+,19-/m0/s1. The molecule has 1 fully saturated rings. The number of carbonyl (C=O) groups excluding carboxylic acids is 1. The van der Waals surface area contributed by atoms with Crippen molar-refractivity contribution in [2.24, 2.45) is 0 Å². The van der Waals surface area contributed by atoms with Crippen LogP contribution in [0.15, 0.2) is 64.3 Å². The molecule has 3 atom stereocenters. The van der Waals surface area contributed by atoms with Crippen molar-refractivity contribution >= 4 is 57.3 Å². The van der Waals surface area contributed by atoms with E-state index in [0.29, 0.717) is 26.2 Å². The number of benzene rings is 1. The molecule has 0 bridgehead atoms. The number of hydrogen-bond acceptors (Lipinski definition) is 8. The maximum atomic E-state index is 14.9. The molecule has 3 aromatic heterocycles. The zero-order chi connectivity index (χ0) is 31.3. The van der Waals surface area contributed by atoms with Crippen LogP contribution in [0, 0.1) is 0 Å². The van der Waals surface area contributed by atoms with Gasteiger partial charge >= 0.3 is 11.9 Å². The van der Waals surface area contributed by atoms with E-state index in [1.807, 2.05) is 13.8 Å². The van der Waals surface area contributed by atoms with Crippen molar-refractivity contribution in [1.29, 1.82) is 0 Å². The molecule has 5 heterocycles. The van der Waals surface area contributed by atoms with Crippen molar-refractivity contribution in [2.45, 2.75) is 49.7 Å². The lowest BCUT2D eigenvalue weighted by Gasteiger charge is -2.44. The zero-order valence-corrected chi connectivity index (χ0v) is 26.1. The van der Waals surface area contributed by atoms with Crippen LogP contribution in [0.5, 0.6) is 5.88 Å². The Morgan fingerprint density at radius 3 is 2.55 bits per heavy atom. The largest absolute Gasteiger partial charge is 0.472 e. The van der Waals surface area contributed by atoms with Gasteiger partial charge in [-0.3, -0.25) is 9.36 Å². The predicted octanol–water partition coefficient (Wildman–Crippen LogP) is 6.36. The van der Waals surface area contributed by atoms with Crippen molar-refractivity contribution in [1.82, 2.24) is 19.4 Å². The third-order valence-corrected chi connectivity index (χ3v) is 10.2. The molecule has 8 nitrogen and oxygen atoms in total. The van der Waals surface area contributed by atoms with Crippen molar-refractivity contribution < 1.29 is 22.7 Å². The topological polar surface area (TPSA) is 80.6 Å². The number of pyridine rings is 1. The number of halogens is 4. The van der Waals surface area contributed by atoms with Crippen LogP contribution in [0.4, 0.5) is 19.0 Å². The number of thioether (sulfide) groups is 1. The SMILES string of the molecule is C=CC(=O)N1[C@H](C)CN(c2nc(=O)n3c4c(c(-c5cc(Cl)cs5)c(C(F)(F)F)cc24)SC[C@@H](Oc2ccccn2)C3)C[C@@H]1C. The lowest BCUT2D eigenvalue weighted by atomic mass is 10.0. The van der Waals surface area contributed by atoms with E-state index < -0.39 is 23.5 Å². The number of carbonyl (C=O) groups is 1. The van der Waals surface area contributed by atoms with E-state index in [4.69, 9.17) is 16.3 Å². The van der Waals surface area contributed by atoms with Crippen molar-refractivity contribution in [3.63, 3.8) is 0 Å². The Balaban J connectivity index is 1.58. The first-order valence-electron chi connectivity index (χ1n) is 13.8. The number of alkyl halides is 3. The molecule has 0 saturated carbocycles. The minimum Gasteiger partial charge on any atom is -0.472 e. The lowest BCUT2D eigenvalue weighted by molar-refractivity contribution is -0.137. The number of hydrogen-bond donors (Lipinski definition) is 0. The first-order valence-corrected chi connectivity index (χ1v) is 16.0. The maximum absolute atomic E-state index is 14.9. The number of piperazine rings is 1. The Morgan fingerprint density at radius 2 is 1.93 bits per heavy atom. The highest BCUT2D eigenvalue weighted by molar-refractivity contribution is 7.99. The molecule has 44 heavy (non-hydrogen) atoms. The fourth-order valence-corrected chi connectivity index (χ4v) is 8.44. The Bertz CT molecular complexity index is 1800. The Kier molecular flexibility index (Phi) is 8.14. The summed E-state index contributed by atoms with van der Waals surface area (Å²) < 4.78 is 52.2. The quantitative estimate of drug-likeness (QED) is 0.231. The second kappa shape index (κ2) is 11.8. The Morgan fingerprint density at radius 1 is 1.18 bits per heavy atom. The molecular weight excluding hydrogens is 635 g/mol. The van der Waals surface area contributed by atoms with Gasteiger partial charge in [0.2, 0.25) is 11.8 Å². The van der Waals surface area contributed by atoms with Gasteiger partial charge in [-0.1, -0.05) is 24.2 Å². The summed E-state index contributed by atoms with van der Waals surface area (Å²) in [6.45, 7) is 7.89. The van der Waals surface area contributed by atoms with Gasteiger partial charge in [-0.25, -0.2) is 9.78 Å². The molecule has 230 valence electrons. The summed E-state index contributed by atoms with van der Waals surface area (Å²) in [5.74, 6) is 0.512. The number of anilines is 1. The van der Waals surface area contributed by atoms with Crippen LogP contribution in [0.25, 0.3) is 21.3 Å². The summed E-state index contributed by atoms with van der Waals surface area (Å²) in [6, 6.07) is 7.18. The van der Waals surface area contributed by atoms with Gasteiger partial charge in [0.1, 0.15) is 11.9 Å². The van der Waals surface area contributed by atoms with E-state index in [1.165, 1.54) is 28.5 Å². The summed E-state index contributed by atoms with van der Waals surface area (Å²) >= 11 is 8.51. The molecular formula is C30H27ClF3N5O3S2. The average Bonchev–Trinajstić information content (AvgIpc) is 3.31. The highest BCUT2D eigenvalue weighted by atomic mass is 35.5. The highest BCUT2D eigenvalue weighted by Crippen LogP contribution is 2.50. The Hall–Kier alpha value is -3.55. The molecule has 0 radical (unpaired) electrons. The normalized spacial score (nSPS) is 20.5. The molecule has 0 unspecified atom stereocenters. The van der Waals surface area contributed by atoms with Crippen LogP contribution in [-0.4, -0.2) is 62.4 Å². The van der Waals surface area contributed by atoms with E-state index in [1.54, 1.807) is 39.6 Å². The molecule has 4 aromatic rings. The summed E-state index contributed by atoms with van der Waals surface area (Å²) in [6.07, 6.45) is -2.49. The number of amides is 1. The number of nitrogens with zero attached hydrogens (tertiary/aromatic N) is 5. The minimum atomic E-state index is -4.72. The maximum Gasteiger partial charge on any atom is 0.417 e. The number of rotatable bonds is 5. The van der Waals surface area contributed by atoms with E-state index in [0.717, 1.165) is 17.4 Å².